The van der Waals surface area contributed by atoms with Gasteiger partial charge in [0.2, 0.25) is 5.91 Å². The van der Waals surface area contributed by atoms with Gasteiger partial charge in [0.05, 0.1) is 6.04 Å². The molecule has 2 aromatic carbocycles. The zero-order chi connectivity index (χ0) is 18.3. The molecule has 2 aliphatic rings. The first-order valence-electron chi connectivity index (χ1n) is 9.32. The highest BCUT2D eigenvalue weighted by Crippen LogP contribution is 2.45. The molecule has 4 heteroatoms. The van der Waals surface area contributed by atoms with Gasteiger partial charge in [0.1, 0.15) is 5.82 Å². The van der Waals surface area contributed by atoms with Crippen molar-refractivity contribution in [2.45, 2.75) is 26.4 Å². The Bertz CT molecular complexity index is 821. The average Bonchev–Trinajstić information content (AvgIpc) is 3.14. The zero-order valence-corrected chi connectivity index (χ0v) is 15.4. The molecular weight excluding hydrogens is 327 g/mol. The van der Waals surface area contributed by atoms with E-state index in [0.29, 0.717) is 11.8 Å². The Labute approximate surface area is 154 Å². The van der Waals surface area contributed by atoms with Gasteiger partial charge in [-0.05, 0) is 41.7 Å². The maximum atomic E-state index is 13.8. The number of benzene rings is 2. The fourth-order valence-electron chi connectivity index (χ4n) is 4.74. The van der Waals surface area contributed by atoms with Crippen LogP contribution in [0.2, 0.25) is 0 Å². The van der Waals surface area contributed by atoms with Gasteiger partial charge in [-0.1, -0.05) is 36.4 Å². The van der Waals surface area contributed by atoms with E-state index >= 15 is 0 Å². The summed E-state index contributed by atoms with van der Waals surface area (Å²) in [6.45, 7) is 7.43. The van der Waals surface area contributed by atoms with E-state index in [1.165, 1.54) is 17.2 Å². The number of hydrogen-bond acceptors (Lipinski definition) is 2. The lowest BCUT2D eigenvalue weighted by Crippen LogP contribution is -2.34. The Kier molecular flexibility index (Phi) is 4.53. The SMILES string of the molecule is CC(=O)N1C[C@H]2CN(Cc3ccccc3C)C[C@H]2[C@H]1c1cccc(F)c1. The Morgan fingerprint density at radius 1 is 1.12 bits per heavy atom. The lowest BCUT2D eigenvalue weighted by Gasteiger charge is -2.29. The molecule has 3 nitrogen and oxygen atoms in total. The summed E-state index contributed by atoms with van der Waals surface area (Å²) in [5, 5.41) is 0. The molecule has 2 aromatic rings. The van der Waals surface area contributed by atoms with Crippen LogP contribution in [-0.2, 0) is 11.3 Å². The number of carbonyl (C=O) groups is 1. The summed E-state index contributed by atoms with van der Waals surface area (Å²) in [5.41, 5.74) is 3.60. The van der Waals surface area contributed by atoms with E-state index in [1.54, 1.807) is 19.1 Å². The zero-order valence-electron chi connectivity index (χ0n) is 15.4. The molecule has 3 atom stereocenters. The number of amides is 1. The van der Waals surface area contributed by atoms with Gasteiger partial charge in [-0.25, -0.2) is 4.39 Å². The topological polar surface area (TPSA) is 23.6 Å². The molecule has 0 radical (unpaired) electrons. The number of fused-ring (bicyclic) bond motifs is 1. The molecule has 0 unspecified atom stereocenters. The Morgan fingerprint density at radius 3 is 2.65 bits per heavy atom. The molecular formula is C22H25FN2O. The first-order chi connectivity index (χ1) is 12.5. The summed E-state index contributed by atoms with van der Waals surface area (Å²) in [6, 6.07) is 15.2. The van der Waals surface area contributed by atoms with E-state index < -0.39 is 0 Å². The maximum absolute atomic E-state index is 13.8. The smallest absolute Gasteiger partial charge is 0.219 e. The fourth-order valence-corrected chi connectivity index (χ4v) is 4.74. The van der Waals surface area contributed by atoms with Gasteiger partial charge in [-0.15, -0.1) is 0 Å². The molecule has 0 aromatic heterocycles. The highest BCUT2D eigenvalue weighted by atomic mass is 19.1. The molecule has 0 spiro atoms. The molecule has 2 saturated heterocycles. The largest absolute Gasteiger partial charge is 0.335 e. The molecule has 2 heterocycles. The van der Waals surface area contributed by atoms with E-state index in [2.05, 4.69) is 36.1 Å². The number of likely N-dealkylation sites (tertiary alicyclic amines) is 2. The summed E-state index contributed by atoms with van der Waals surface area (Å²) in [6.07, 6.45) is 0. The summed E-state index contributed by atoms with van der Waals surface area (Å²) in [5.74, 6) is 0.671. The number of nitrogens with zero attached hydrogens (tertiary/aromatic N) is 2. The van der Waals surface area contributed by atoms with Crippen LogP contribution in [0.15, 0.2) is 48.5 Å². The van der Waals surface area contributed by atoms with Crippen molar-refractivity contribution in [1.82, 2.24) is 9.80 Å². The van der Waals surface area contributed by atoms with Crippen LogP contribution >= 0.6 is 0 Å². The van der Waals surface area contributed by atoms with Gasteiger partial charge >= 0.3 is 0 Å². The monoisotopic (exact) mass is 352 g/mol. The van der Waals surface area contributed by atoms with Crippen LogP contribution < -0.4 is 0 Å². The van der Waals surface area contributed by atoms with E-state index in [-0.39, 0.29) is 17.8 Å². The minimum absolute atomic E-state index is 0.0185. The van der Waals surface area contributed by atoms with Gasteiger partial charge in [0.25, 0.3) is 0 Å². The van der Waals surface area contributed by atoms with Crippen molar-refractivity contribution in [3.05, 3.63) is 71.0 Å². The molecule has 1 amide bonds. The quantitative estimate of drug-likeness (QED) is 0.839. The Morgan fingerprint density at radius 2 is 1.92 bits per heavy atom. The van der Waals surface area contributed by atoms with E-state index in [4.69, 9.17) is 0 Å². The summed E-state index contributed by atoms with van der Waals surface area (Å²) >= 11 is 0. The van der Waals surface area contributed by atoms with Crippen LogP contribution in [0, 0.1) is 24.6 Å². The average molecular weight is 352 g/mol. The van der Waals surface area contributed by atoms with Gasteiger partial charge in [0, 0.05) is 39.0 Å². The lowest BCUT2D eigenvalue weighted by atomic mass is 9.89. The molecule has 4 rings (SSSR count). The van der Waals surface area contributed by atoms with Crippen LogP contribution in [-0.4, -0.2) is 35.3 Å². The van der Waals surface area contributed by atoms with Crippen molar-refractivity contribution in [2.75, 3.05) is 19.6 Å². The maximum Gasteiger partial charge on any atom is 0.219 e. The van der Waals surface area contributed by atoms with Gasteiger partial charge < -0.3 is 4.90 Å². The fraction of sp³-hybridized carbons (Fsp3) is 0.409. The number of carbonyl (C=O) groups excluding carboxylic acids is 1. The molecule has 26 heavy (non-hydrogen) atoms. The Balaban J connectivity index is 1.57. The van der Waals surface area contributed by atoms with E-state index in [1.807, 2.05) is 11.0 Å². The van der Waals surface area contributed by atoms with Crippen LogP contribution in [0.25, 0.3) is 0 Å². The van der Waals surface area contributed by atoms with Gasteiger partial charge in [0.15, 0.2) is 0 Å². The highest BCUT2D eigenvalue weighted by Gasteiger charge is 2.48. The first kappa shape index (κ1) is 17.2. The molecule has 2 fully saturated rings. The molecule has 0 N–H and O–H groups in total. The summed E-state index contributed by atoms with van der Waals surface area (Å²) in [7, 11) is 0. The van der Waals surface area contributed by atoms with Crippen molar-refractivity contribution < 1.29 is 9.18 Å². The Hall–Kier alpha value is -2.20. The predicted molar refractivity (Wildman–Crippen MR) is 100.0 cm³/mol. The van der Waals surface area contributed by atoms with Crippen molar-refractivity contribution in [3.8, 4) is 0 Å². The predicted octanol–water partition coefficient (Wildman–Crippen LogP) is 3.79. The van der Waals surface area contributed by atoms with Crippen LogP contribution in [0.4, 0.5) is 4.39 Å². The second-order valence-electron chi connectivity index (χ2n) is 7.72. The molecule has 2 aliphatic heterocycles. The minimum Gasteiger partial charge on any atom is -0.335 e. The number of aryl methyl sites for hydroxylation is 1. The molecule has 0 saturated carbocycles. The number of rotatable bonds is 3. The third kappa shape index (κ3) is 3.14. The highest BCUT2D eigenvalue weighted by molar-refractivity contribution is 5.74. The lowest BCUT2D eigenvalue weighted by molar-refractivity contribution is -0.130. The second kappa shape index (κ2) is 6.84. The third-order valence-electron chi connectivity index (χ3n) is 5.99. The molecule has 0 bridgehead atoms. The first-order valence-corrected chi connectivity index (χ1v) is 9.32. The van der Waals surface area contributed by atoms with Crippen molar-refractivity contribution in [1.29, 1.82) is 0 Å². The van der Waals surface area contributed by atoms with E-state index in [9.17, 15) is 9.18 Å². The van der Waals surface area contributed by atoms with Crippen molar-refractivity contribution in [3.63, 3.8) is 0 Å². The number of halogens is 1. The van der Waals surface area contributed by atoms with Crippen molar-refractivity contribution in [2.24, 2.45) is 11.8 Å². The standard InChI is InChI=1S/C22H25FN2O/c1-15-6-3-4-7-18(15)11-24-12-19-13-25(16(2)26)22(21(19)14-24)17-8-5-9-20(23)10-17/h3-10,19,21-22H,11-14H2,1-2H3/t19-,21-,22-/m1/s1. The summed E-state index contributed by atoms with van der Waals surface area (Å²) < 4.78 is 13.8. The van der Waals surface area contributed by atoms with Crippen LogP contribution in [0.3, 0.4) is 0 Å². The molecule has 136 valence electrons. The summed E-state index contributed by atoms with van der Waals surface area (Å²) in [4.78, 5) is 16.6. The van der Waals surface area contributed by atoms with Gasteiger partial charge in [-0.3, -0.25) is 9.69 Å². The van der Waals surface area contributed by atoms with Gasteiger partial charge in [-0.2, -0.15) is 0 Å². The van der Waals surface area contributed by atoms with E-state index in [0.717, 1.165) is 31.7 Å². The van der Waals surface area contributed by atoms with Crippen LogP contribution in [0.1, 0.15) is 29.7 Å². The normalized spacial score (nSPS) is 25.5. The van der Waals surface area contributed by atoms with Crippen molar-refractivity contribution >= 4 is 5.91 Å². The third-order valence-corrected chi connectivity index (χ3v) is 5.99. The van der Waals surface area contributed by atoms with Crippen LogP contribution in [0.5, 0.6) is 0 Å². The second-order valence-corrected chi connectivity index (χ2v) is 7.72. The minimum atomic E-state index is -0.232. The number of hydrogen-bond donors (Lipinski definition) is 0. The molecule has 0 aliphatic carbocycles.